The lowest BCUT2D eigenvalue weighted by Gasteiger charge is -2.34. The molecule has 0 saturated carbocycles. The van der Waals surface area contributed by atoms with E-state index in [1.165, 1.54) is 88.3 Å². The van der Waals surface area contributed by atoms with E-state index in [9.17, 15) is 0 Å². The molecule has 0 heterocycles. The van der Waals surface area contributed by atoms with Crippen LogP contribution in [0.5, 0.6) is 0 Å². The van der Waals surface area contributed by atoms with Gasteiger partial charge in [0.1, 0.15) is 0 Å². The Morgan fingerprint density at radius 3 is 1.25 bits per heavy atom. The van der Waals surface area contributed by atoms with Crippen molar-refractivity contribution < 1.29 is 0 Å². The fourth-order valence-electron chi connectivity index (χ4n) is 12.0. The van der Waals surface area contributed by atoms with Crippen LogP contribution in [0.3, 0.4) is 0 Å². The number of fused-ring (bicyclic) bond motifs is 12. The van der Waals surface area contributed by atoms with Gasteiger partial charge in [-0.15, -0.1) is 0 Å². The number of para-hydroxylation sites is 2. The molecule has 0 aromatic heterocycles. The summed E-state index contributed by atoms with van der Waals surface area (Å²) >= 11 is 0. The van der Waals surface area contributed by atoms with Crippen molar-refractivity contribution in [2.45, 2.75) is 5.41 Å². The Kier molecular flexibility index (Phi) is 9.47. The first-order valence-corrected chi connectivity index (χ1v) is 24.6. The molecule has 2 nitrogen and oxygen atoms in total. The van der Waals surface area contributed by atoms with E-state index < -0.39 is 5.41 Å². The quantitative estimate of drug-likeness (QED) is 0.150. The number of nitrogens with zero attached hydrogens (tertiary/aromatic N) is 2. The highest BCUT2D eigenvalue weighted by Gasteiger charge is 2.52. The van der Waals surface area contributed by atoms with Crippen molar-refractivity contribution in [3.8, 4) is 44.5 Å². The Labute approximate surface area is 414 Å². The normalized spacial score (nSPS) is 14.0. The van der Waals surface area contributed by atoms with Crippen molar-refractivity contribution in [3.63, 3.8) is 0 Å². The van der Waals surface area contributed by atoms with Gasteiger partial charge in [0.25, 0.3) is 0 Å². The molecule has 0 bridgehead atoms. The van der Waals surface area contributed by atoms with Crippen LogP contribution in [0, 0.1) is 0 Å². The summed E-state index contributed by atoms with van der Waals surface area (Å²) in [5.41, 5.74) is 21.0. The Bertz CT molecular complexity index is 3840. The highest BCUT2D eigenvalue weighted by Crippen LogP contribution is 2.64. The van der Waals surface area contributed by atoms with E-state index in [-0.39, 0.29) is 0 Å². The molecule has 0 fully saturated rings. The van der Waals surface area contributed by atoms with E-state index in [0.717, 1.165) is 34.1 Å². The van der Waals surface area contributed by atoms with E-state index in [1.54, 1.807) is 0 Å². The Morgan fingerprint density at radius 2 is 0.676 bits per heavy atom. The van der Waals surface area contributed by atoms with Crippen molar-refractivity contribution in [3.05, 3.63) is 301 Å². The van der Waals surface area contributed by atoms with Crippen LogP contribution >= 0.6 is 0 Å². The van der Waals surface area contributed by atoms with Gasteiger partial charge in [0.15, 0.2) is 0 Å². The lowest BCUT2D eigenvalue weighted by Crippen LogP contribution is -2.26. The van der Waals surface area contributed by atoms with Gasteiger partial charge < -0.3 is 9.80 Å². The molecule has 332 valence electrons. The topological polar surface area (TPSA) is 6.48 Å². The van der Waals surface area contributed by atoms with Gasteiger partial charge in [0.2, 0.25) is 0 Å². The highest BCUT2D eigenvalue weighted by atomic mass is 15.2. The third kappa shape index (κ3) is 6.35. The van der Waals surface area contributed by atoms with Gasteiger partial charge in [0, 0.05) is 33.9 Å². The summed E-state index contributed by atoms with van der Waals surface area (Å²) in [6, 6.07) is 103. The lowest BCUT2D eigenvalue weighted by atomic mass is 9.70. The predicted octanol–water partition coefficient (Wildman–Crippen LogP) is 18.6. The number of hydrogen-bond donors (Lipinski definition) is 0. The molecule has 0 radical (unpaired) electrons. The van der Waals surface area contributed by atoms with Gasteiger partial charge in [0.05, 0.1) is 16.8 Å². The molecule has 2 aliphatic rings. The Morgan fingerprint density at radius 1 is 0.239 bits per heavy atom. The van der Waals surface area contributed by atoms with Crippen LogP contribution in [0.1, 0.15) is 22.3 Å². The average molecular weight is 903 g/mol. The van der Waals surface area contributed by atoms with E-state index in [1.807, 2.05) is 0 Å². The van der Waals surface area contributed by atoms with Gasteiger partial charge in [-0.1, -0.05) is 212 Å². The maximum Gasteiger partial charge on any atom is 0.0727 e. The smallest absolute Gasteiger partial charge is 0.0727 e. The van der Waals surface area contributed by atoms with E-state index in [2.05, 4.69) is 289 Å². The standard InChI is InChI=1S/C69H46N2/c1-5-21-47(22-6-1)61-43-50-26-13-14-27-51(50)44-67(61)71(53-30-11-4-12-31-53)55-39-41-60-58-34-18-20-36-63(58)69(65(60)46-55)62-35-19-17-33-57(62)59-40-38-54(45-64(59)69)70(52-28-9-3-10-29-52)66-42-37-48-23-15-16-32-56(48)68(66)49-24-7-2-8-25-49/h1-46H. The molecule has 0 N–H and O–H groups in total. The van der Waals surface area contributed by atoms with Crippen molar-refractivity contribution in [2.24, 2.45) is 0 Å². The zero-order valence-corrected chi connectivity index (χ0v) is 39.0. The van der Waals surface area contributed by atoms with Crippen LogP contribution in [0.15, 0.2) is 279 Å². The largest absolute Gasteiger partial charge is 0.310 e. The van der Waals surface area contributed by atoms with Gasteiger partial charge >= 0.3 is 0 Å². The van der Waals surface area contributed by atoms with Crippen LogP contribution in [0.2, 0.25) is 0 Å². The van der Waals surface area contributed by atoms with Gasteiger partial charge in [-0.2, -0.15) is 0 Å². The predicted molar refractivity (Wildman–Crippen MR) is 298 cm³/mol. The minimum atomic E-state index is -0.619. The minimum absolute atomic E-state index is 0.619. The third-order valence-corrected chi connectivity index (χ3v) is 15.0. The molecule has 12 aromatic carbocycles. The van der Waals surface area contributed by atoms with E-state index >= 15 is 0 Å². The number of anilines is 6. The molecule has 71 heavy (non-hydrogen) atoms. The van der Waals surface area contributed by atoms with E-state index in [0.29, 0.717) is 0 Å². The fourth-order valence-corrected chi connectivity index (χ4v) is 12.0. The summed E-state index contributed by atoms with van der Waals surface area (Å²) in [4.78, 5) is 4.96. The number of hydrogen-bond acceptors (Lipinski definition) is 2. The molecule has 0 saturated heterocycles. The monoisotopic (exact) mass is 902 g/mol. The molecular weight excluding hydrogens is 857 g/mol. The summed E-state index contributed by atoms with van der Waals surface area (Å²) < 4.78 is 0. The Balaban J connectivity index is 1.04. The molecule has 0 aliphatic heterocycles. The summed E-state index contributed by atoms with van der Waals surface area (Å²) in [6.45, 7) is 0. The maximum atomic E-state index is 2.51. The van der Waals surface area contributed by atoms with Crippen LogP contribution < -0.4 is 9.80 Å². The second kappa shape index (κ2) is 16.5. The minimum Gasteiger partial charge on any atom is -0.310 e. The Hall–Kier alpha value is -9.24. The van der Waals surface area contributed by atoms with Gasteiger partial charge in [-0.3, -0.25) is 0 Å². The molecule has 14 rings (SSSR count). The van der Waals surface area contributed by atoms with Crippen LogP contribution in [0.25, 0.3) is 66.1 Å². The highest BCUT2D eigenvalue weighted by molar-refractivity contribution is 6.06. The molecule has 1 spiro atoms. The van der Waals surface area contributed by atoms with Crippen LogP contribution in [-0.4, -0.2) is 0 Å². The van der Waals surface area contributed by atoms with Crippen molar-refractivity contribution >= 4 is 55.7 Å². The van der Waals surface area contributed by atoms with Gasteiger partial charge in [-0.25, -0.2) is 0 Å². The van der Waals surface area contributed by atoms with Crippen LogP contribution in [0.4, 0.5) is 34.1 Å². The second-order valence-corrected chi connectivity index (χ2v) is 18.8. The molecular formula is C69H46N2. The SMILES string of the molecule is c1ccc(-c2cc3ccccc3cc2N(c2ccccc2)c2ccc3c(c2)C2(c4ccccc4-3)c3ccccc3-c3ccc(N(c4ccccc4)c4ccc5ccccc5c4-c4ccccc4)cc32)cc1. The third-order valence-electron chi connectivity index (χ3n) is 15.0. The first-order chi connectivity index (χ1) is 35.2. The van der Waals surface area contributed by atoms with Gasteiger partial charge in [-0.05, 0) is 144 Å². The first-order valence-electron chi connectivity index (χ1n) is 24.6. The van der Waals surface area contributed by atoms with Crippen molar-refractivity contribution in [1.29, 1.82) is 0 Å². The van der Waals surface area contributed by atoms with E-state index in [4.69, 9.17) is 0 Å². The molecule has 12 aromatic rings. The fraction of sp³-hybridized carbons (Fsp3) is 0.0145. The molecule has 1 atom stereocenters. The average Bonchev–Trinajstić information content (AvgIpc) is 3.91. The second-order valence-electron chi connectivity index (χ2n) is 18.8. The molecule has 1 unspecified atom stereocenters. The summed E-state index contributed by atoms with van der Waals surface area (Å²) in [7, 11) is 0. The van der Waals surface area contributed by atoms with Crippen molar-refractivity contribution in [2.75, 3.05) is 9.80 Å². The lowest BCUT2D eigenvalue weighted by molar-refractivity contribution is 0.793. The van der Waals surface area contributed by atoms with Crippen LogP contribution in [-0.2, 0) is 5.41 Å². The first kappa shape index (κ1) is 40.8. The number of rotatable bonds is 8. The zero-order valence-electron chi connectivity index (χ0n) is 39.0. The molecule has 0 amide bonds. The molecule has 2 heteroatoms. The summed E-state index contributed by atoms with van der Waals surface area (Å²) in [5, 5.41) is 4.85. The maximum absolute atomic E-state index is 2.51. The summed E-state index contributed by atoms with van der Waals surface area (Å²) in [6.07, 6.45) is 0. The molecule has 2 aliphatic carbocycles. The van der Waals surface area contributed by atoms with Crippen molar-refractivity contribution in [1.82, 2.24) is 0 Å². The zero-order chi connectivity index (χ0) is 46.9. The summed E-state index contributed by atoms with van der Waals surface area (Å²) in [5.74, 6) is 0. The number of benzene rings is 12.